The third-order valence-corrected chi connectivity index (χ3v) is 6.21. The van der Waals surface area contributed by atoms with Gasteiger partial charge in [-0.3, -0.25) is 14.7 Å². The number of benzene rings is 2. The fraction of sp³-hybridized carbons (Fsp3) is 0.310. The van der Waals surface area contributed by atoms with E-state index in [1.54, 1.807) is 20.3 Å². The highest BCUT2D eigenvalue weighted by atomic mass is 16.5. The molecule has 1 saturated heterocycles. The van der Waals surface area contributed by atoms with Gasteiger partial charge in [-0.05, 0) is 60.9 Å². The molecule has 0 bridgehead atoms. The molecule has 2 aromatic carbocycles. The van der Waals surface area contributed by atoms with Crippen LogP contribution in [0.1, 0.15) is 24.0 Å². The van der Waals surface area contributed by atoms with Crippen LogP contribution in [0.3, 0.4) is 0 Å². The Labute approximate surface area is 218 Å². The van der Waals surface area contributed by atoms with Gasteiger partial charge in [-0.2, -0.15) is 0 Å². The van der Waals surface area contributed by atoms with Gasteiger partial charge in [-0.15, -0.1) is 0 Å². The Kier molecular flexibility index (Phi) is 9.13. The third kappa shape index (κ3) is 7.31. The summed E-state index contributed by atoms with van der Waals surface area (Å²) in [5, 5.41) is 2.88. The highest BCUT2D eigenvalue weighted by molar-refractivity contribution is 6.09. The molecule has 8 nitrogen and oxygen atoms in total. The van der Waals surface area contributed by atoms with E-state index in [4.69, 9.17) is 24.9 Å². The van der Waals surface area contributed by atoms with Gasteiger partial charge >= 0.3 is 0 Å². The zero-order chi connectivity index (χ0) is 26.0. The van der Waals surface area contributed by atoms with Crippen molar-refractivity contribution in [3.63, 3.8) is 0 Å². The molecule has 2 heterocycles. The summed E-state index contributed by atoms with van der Waals surface area (Å²) >= 11 is 0. The third-order valence-electron chi connectivity index (χ3n) is 6.21. The summed E-state index contributed by atoms with van der Waals surface area (Å²) in [7, 11) is 3.20. The molecule has 0 saturated carbocycles. The van der Waals surface area contributed by atoms with Gasteiger partial charge in [-0.1, -0.05) is 24.3 Å². The molecule has 1 amide bonds. The average molecular weight is 503 g/mol. The van der Waals surface area contributed by atoms with Crippen molar-refractivity contribution in [2.45, 2.75) is 19.4 Å². The number of aliphatic imine (C=N–C) groups is 1. The van der Waals surface area contributed by atoms with Crippen LogP contribution >= 0.6 is 0 Å². The van der Waals surface area contributed by atoms with Crippen LogP contribution in [-0.4, -0.2) is 57.0 Å². The number of rotatable bonds is 8. The SMILES string of the molecule is COc1ccc(/C2=C/C=C\CCC(C=C(N)C(=O)Nc3ccc(CN4CCOCC4)cc3)=N2)cc1OC. The number of nitrogens with zero attached hydrogens (tertiary/aromatic N) is 2. The molecule has 0 unspecified atom stereocenters. The quantitative estimate of drug-likeness (QED) is 0.527. The Morgan fingerprint density at radius 1 is 1.11 bits per heavy atom. The van der Waals surface area contributed by atoms with E-state index in [2.05, 4.69) is 16.3 Å². The van der Waals surface area contributed by atoms with Crippen molar-refractivity contribution in [1.82, 2.24) is 4.90 Å². The first-order valence-corrected chi connectivity index (χ1v) is 12.4. The maximum Gasteiger partial charge on any atom is 0.271 e. The number of nitrogens with two attached hydrogens (primary N) is 1. The van der Waals surface area contributed by atoms with Crippen molar-refractivity contribution >= 4 is 23.0 Å². The number of methoxy groups -OCH3 is 2. The number of hydrogen-bond donors (Lipinski definition) is 2. The number of hydrogen-bond acceptors (Lipinski definition) is 7. The van der Waals surface area contributed by atoms with E-state index in [1.165, 1.54) is 5.56 Å². The fourth-order valence-electron chi connectivity index (χ4n) is 4.15. The second-order valence-electron chi connectivity index (χ2n) is 8.83. The predicted molar refractivity (Wildman–Crippen MR) is 147 cm³/mol. The van der Waals surface area contributed by atoms with Crippen LogP contribution in [0.5, 0.6) is 11.5 Å². The van der Waals surface area contributed by atoms with Crippen molar-refractivity contribution in [3.8, 4) is 11.5 Å². The Morgan fingerprint density at radius 3 is 2.59 bits per heavy atom. The van der Waals surface area contributed by atoms with Gasteiger partial charge in [0.15, 0.2) is 11.5 Å². The fourth-order valence-corrected chi connectivity index (χ4v) is 4.15. The molecular formula is C29H34N4O4. The molecule has 194 valence electrons. The maximum atomic E-state index is 12.8. The Bertz CT molecular complexity index is 1210. The topological polar surface area (TPSA) is 98.4 Å². The van der Waals surface area contributed by atoms with Crippen LogP contribution in [0.25, 0.3) is 5.70 Å². The number of allylic oxidation sites excluding steroid dienone is 4. The van der Waals surface area contributed by atoms with Crippen molar-refractivity contribution in [2.24, 2.45) is 10.7 Å². The largest absolute Gasteiger partial charge is 0.493 e. The van der Waals surface area contributed by atoms with Crippen molar-refractivity contribution < 1.29 is 19.0 Å². The summed E-state index contributed by atoms with van der Waals surface area (Å²) < 4.78 is 16.2. The normalized spacial score (nSPS) is 19.0. The summed E-state index contributed by atoms with van der Waals surface area (Å²) in [5.41, 5.74) is 10.5. The second-order valence-corrected chi connectivity index (χ2v) is 8.83. The van der Waals surface area contributed by atoms with Crippen LogP contribution in [0, 0.1) is 0 Å². The van der Waals surface area contributed by atoms with Gasteiger partial charge in [0.25, 0.3) is 5.91 Å². The maximum absolute atomic E-state index is 12.8. The molecule has 2 aromatic rings. The first-order valence-electron chi connectivity index (χ1n) is 12.4. The monoisotopic (exact) mass is 502 g/mol. The molecule has 37 heavy (non-hydrogen) atoms. The lowest BCUT2D eigenvalue weighted by molar-refractivity contribution is -0.112. The van der Waals surface area contributed by atoms with Crippen LogP contribution in [-0.2, 0) is 16.1 Å². The van der Waals surface area contributed by atoms with E-state index in [9.17, 15) is 4.79 Å². The van der Waals surface area contributed by atoms with Gasteiger partial charge in [-0.25, -0.2) is 0 Å². The lowest BCUT2D eigenvalue weighted by atomic mass is 10.1. The van der Waals surface area contributed by atoms with E-state index in [-0.39, 0.29) is 11.6 Å². The zero-order valence-corrected chi connectivity index (χ0v) is 21.4. The lowest BCUT2D eigenvalue weighted by Crippen LogP contribution is -2.35. The molecule has 1 fully saturated rings. The zero-order valence-electron chi connectivity index (χ0n) is 21.4. The minimum Gasteiger partial charge on any atom is -0.493 e. The van der Waals surface area contributed by atoms with Crippen LogP contribution in [0.4, 0.5) is 5.69 Å². The number of ether oxygens (including phenoxy) is 3. The molecule has 0 radical (unpaired) electrons. The molecule has 0 aromatic heterocycles. The average Bonchev–Trinajstić information content (AvgIpc) is 2.91. The highest BCUT2D eigenvalue weighted by Gasteiger charge is 2.13. The first kappa shape index (κ1) is 26.2. The van der Waals surface area contributed by atoms with Crippen molar-refractivity contribution in [2.75, 3.05) is 45.8 Å². The summed E-state index contributed by atoms with van der Waals surface area (Å²) in [6.07, 6.45) is 9.08. The van der Waals surface area contributed by atoms with Gasteiger partial charge in [0.1, 0.15) is 0 Å². The Morgan fingerprint density at radius 2 is 1.86 bits per heavy atom. The Balaban J connectivity index is 1.45. The van der Waals surface area contributed by atoms with E-state index >= 15 is 0 Å². The van der Waals surface area contributed by atoms with Crippen LogP contribution in [0.2, 0.25) is 0 Å². The molecule has 0 atom stereocenters. The summed E-state index contributed by atoms with van der Waals surface area (Å²) in [5.74, 6) is 0.902. The van der Waals surface area contributed by atoms with E-state index < -0.39 is 0 Å². The standard InChI is InChI=1S/C29H34N4O4/c1-35-27-13-10-22(18-28(27)36-2)26-7-5-3-4-6-24(31-26)19-25(30)29(34)32-23-11-8-21(9-12-23)20-33-14-16-37-17-15-33/h3,5,7-13,18-19H,4,6,14-17,20,30H2,1-2H3,(H,32,34)/b5-3-,25-19?,26-7-,31-24?. The summed E-state index contributed by atoms with van der Waals surface area (Å²) in [6.45, 7) is 4.27. The van der Waals surface area contributed by atoms with Crippen molar-refractivity contribution in [3.05, 3.63) is 83.6 Å². The summed E-state index contributed by atoms with van der Waals surface area (Å²) in [4.78, 5) is 20.0. The first-order chi connectivity index (χ1) is 18.1. The number of morpholine rings is 1. The predicted octanol–water partition coefficient (Wildman–Crippen LogP) is 4.15. The van der Waals surface area contributed by atoms with Crippen molar-refractivity contribution in [1.29, 1.82) is 0 Å². The van der Waals surface area contributed by atoms with Crippen LogP contribution in [0.15, 0.2) is 77.5 Å². The summed E-state index contributed by atoms with van der Waals surface area (Å²) in [6, 6.07) is 13.5. The highest BCUT2D eigenvalue weighted by Crippen LogP contribution is 2.31. The van der Waals surface area contributed by atoms with Gasteiger partial charge in [0, 0.05) is 36.6 Å². The van der Waals surface area contributed by atoms with E-state index in [0.717, 1.165) is 56.2 Å². The van der Waals surface area contributed by atoms with E-state index in [1.807, 2.05) is 54.6 Å². The molecular weight excluding hydrogens is 468 g/mol. The van der Waals surface area contributed by atoms with Crippen LogP contribution < -0.4 is 20.5 Å². The number of amides is 1. The minimum atomic E-state index is -0.363. The molecule has 0 spiro atoms. The number of anilines is 1. The Hall–Kier alpha value is -3.88. The minimum absolute atomic E-state index is 0.104. The van der Waals surface area contributed by atoms with E-state index in [0.29, 0.717) is 23.6 Å². The number of nitrogens with one attached hydrogen (secondary N) is 1. The second kappa shape index (κ2) is 12.9. The molecule has 2 aliphatic rings. The number of carbonyl (C=O) groups excluding carboxylic acids is 1. The molecule has 8 heteroatoms. The molecule has 4 rings (SSSR count). The van der Waals surface area contributed by atoms with Gasteiger partial charge < -0.3 is 25.3 Å². The smallest absolute Gasteiger partial charge is 0.271 e. The van der Waals surface area contributed by atoms with Gasteiger partial charge in [0.2, 0.25) is 0 Å². The molecule has 0 aliphatic carbocycles. The number of carbonyl (C=O) groups is 1. The lowest BCUT2D eigenvalue weighted by Gasteiger charge is -2.26. The molecule has 2 aliphatic heterocycles. The van der Waals surface area contributed by atoms with Gasteiger partial charge in [0.05, 0.1) is 38.8 Å². The molecule has 3 N–H and O–H groups in total.